The number of aliphatic carboxylic acids is 2. The van der Waals surface area contributed by atoms with Gasteiger partial charge in [0.1, 0.15) is 0 Å². The minimum atomic E-state index is -0.898. The van der Waals surface area contributed by atoms with Crippen LogP contribution in [-0.4, -0.2) is 22.2 Å². The molecule has 13 heavy (non-hydrogen) atoms. The zero-order chi connectivity index (χ0) is 10.0. The van der Waals surface area contributed by atoms with Gasteiger partial charge in [-0.1, -0.05) is 6.92 Å². The van der Waals surface area contributed by atoms with Gasteiger partial charge in [-0.25, -0.2) is 0 Å². The highest BCUT2D eigenvalue weighted by atomic mass is 16.4. The molecule has 1 aliphatic rings. The zero-order valence-electron chi connectivity index (χ0n) is 7.56. The van der Waals surface area contributed by atoms with Crippen LogP contribution in [0.4, 0.5) is 0 Å². The molecule has 0 aromatic carbocycles. The molecule has 0 aromatic rings. The molecule has 0 bridgehead atoms. The van der Waals surface area contributed by atoms with Crippen molar-refractivity contribution in [1.82, 2.24) is 0 Å². The molecular formula is C9H14O4. The molecule has 1 fully saturated rings. The van der Waals surface area contributed by atoms with Gasteiger partial charge in [-0.05, 0) is 24.2 Å². The van der Waals surface area contributed by atoms with E-state index in [2.05, 4.69) is 0 Å². The number of carboxylic acid groups (broad SMARTS) is 2. The molecule has 0 spiro atoms. The molecule has 0 aliphatic heterocycles. The molecule has 0 saturated heterocycles. The van der Waals surface area contributed by atoms with Crippen LogP contribution in [0.3, 0.4) is 0 Å². The standard InChI is InChI=1S/C9H14O4/c1-5-2-7(5)6(3-8(10)11)4-9(12)13/h5-7H,2-4H2,1H3,(H,10,11)(H,12,13). The largest absolute Gasteiger partial charge is 0.481 e. The van der Waals surface area contributed by atoms with E-state index in [-0.39, 0.29) is 18.8 Å². The van der Waals surface area contributed by atoms with Crippen LogP contribution in [0, 0.1) is 17.8 Å². The molecule has 0 radical (unpaired) electrons. The molecule has 4 nitrogen and oxygen atoms in total. The fraction of sp³-hybridized carbons (Fsp3) is 0.778. The number of carboxylic acids is 2. The second-order valence-electron chi connectivity index (χ2n) is 3.83. The summed E-state index contributed by atoms with van der Waals surface area (Å²) in [5.74, 6) is -1.16. The Balaban J connectivity index is 2.44. The van der Waals surface area contributed by atoms with Crippen molar-refractivity contribution in [1.29, 1.82) is 0 Å². The fourth-order valence-corrected chi connectivity index (χ4v) is 1.83. The Hall–Kier alpha value is -1.06. The lowest BCUT2D eigenvalue weighted by atomic mass is 9.95. The monoisotopic (exact) mass is 186 g/mol. The van der Waals surface area contributed by atoms with Gasteiger partial charge in [0.05, 0.1) is 0 Å². The summed E-state index contributed by atoms with van der Waals surface area (Å²) in [7, 11) is 0. The van der Waals surface area contributed by atoms with Gasteiger partial charge in [0.15, 0.2) is 0 Å². The van der Waals surface area contributed by atoms with Gasteiger partial charge in [0.2, 0.25) is 0 Å². The van der Waals surface area contributed by atoms with Crippen molar-refractivity contribution < 1.29 is 19.8 Å². The maximum absolute atomic E-state index is 10.4. The van der Waals surface area contributed by atoms with Crippen LogP contribution < -0.4 is 0 Å². The fourth-order valence-electron chi connectivity index (χ4n) is 1.83. The Kier molecular flexibility index (Phi) is 2.90. The van der Waals surface area contributed by atoms with Crippen molar-refractivity contribution in [2.75, 3.05) is 0 Å². The first-order chi connectivity index (χ1) is 6.00. The van der Waals surface area contributed by atoms with Gasteiger partial charge in [-0.2, -0.15) is 0 Å². The second-order valence-corrected chi connectivity index (χ2v) is 3.83. The molecular weight excluding hydrogens is 172 g/mol. The van der Waals surface area contributed by atoms with E-state index < -0.39 is 11.9 Å². The van der Waals surface area contributed by atoms with Gasteiger partial charge < -0.3 is 10.2 Å². The highest BCUT2D eigenvalue weighted by Crippen LogP contribution is 2.46. The summed E-state index contributed by atoms with van der Waals surface area (Å²) in [4.78, 5) is 20.9. The van der Waals surface area contributed by atoms with Crippen molar-refractivity contribution in [3.63, 3.8) is 0 Å². The van der Waals surface area contributed by atoms with Gasteiger partial charge in [0.25, 0.3) is 0 Å². The summed E-state index contributed by atoms with van der Waals surface area (Å²) >= 11 is 0. The average molecular weight is 186 g/mol. The average Bonchev–Trinajstić information content (AvgIpc) is 2.63. The highest BCUT2D eigenvalue weighted by Gasteiger charge is 2.40. The van der Waals surface area contributed by atoms with Crippen LogP contribution in [0.25, 0.3) is 0 Å². The second kappa shape index (κ2) is 3.77. The Bertz CT molecular complexity index is 208. The van der Waals surface area contributed by atoms with E-state index in [9.17, 15) is 9.59 Å². The number of rotatable bonds is 5. The van der Waals surface area contributed by atoms with E-state index in [1.165, 1.54) is 0 Å². The van der Waals surface area contributed by atoms with Gasteiger partial charge in [0, 0.05) is 12.8 Å². The molecule has 0 aromatic heterocycles. The first kappa shape index (κ1) is 10.0. The molecule has 0 amide bonds. The van der Waals surface area contributed by atoms with E-state index >= 15 is 0 Å². The lowest BCUT2D eigenvalue weighted by molar-refractivity contribution is -0.140. The van der Waals surface area contributed by atoms with Crippen LogP contribution in [0.5, 0.6) is 0 Å². The van der Waals surface area contributed by atoms with E-state index in [1.807, 2.05) is 6.92 Å². The highest BCUT2D eigenvalue weighted by molar-refractivity contribution is 5.70. The molecule has 1 rings (SSSR count). The van der Waals surface area contributed by atoms with E-state index in [0.29, 0.717) is 11.8 Å². The number of hydrogen-bond acceptors (Lipinski definition) is 2. The van der Waals surface area contributed by atoms with Crippen molar-refractivity contribution in [3.05, 3.63) is 0 Å². The van der Waals surface area contributed by atoms with Crippen molar-refractivity contribution in [2.45, 2.75) is 26.2 Å². The summed E-state index contributed by atoms with van der Waals surface area (Å²) in [6.07, 6.45) is 0.952. The van der Waals surface area contributed by atoms with Crippen molar-refractivity contribution in [3.8, 4) is 0 Å². The first-order valence-electron chi connectivity index (χ1n) is 4.44. The molecule has 2 unspecified atom stereocenters. The van der Waals surface area contributed by atoms with Gasteiger partial charge in [-0.3, -0.25) is 9.59 Å². The van der Waals surface area contributed by atoms with Crippen LogP contribution >= 0.6 is 0 Å². The Labute approximate surface area is 76.6 Å². The summed E-state index contributed by atoms with van der Waals surface area (Å²) in [6.45, 7) is 2.03. The zero-order valence-corrected chi connectivity index (χ0v) is 7.56. The Morgan fingerprint density at radius 2 is 1.69 bits per heavy atom. The van der Waals surface area contributed by atoms with E-state index in [0.717, 1.165) is 6.42 Å². The maximum atomic E-state index is 10.4. The van der Waals surface area contributed by atoms with E-state index in [1.54, 1.807) is 0 Å². The van der Waals surface area contributed by atoms with Crippen molar-refractivity contribution in [2.24, 2.45) is 17.8 Å². The van der Waals surface area contributed by atoms with Crippen LogP contribution in [0.15, 0.2) is 0 Å². The third-order valence-corrected chi connectivity index (χ3v) is 2.65. The lowest BCUT2D eigenvalue weighted by Gasteiger charge is -2.10. The molecule has 74 valence electrons. The summed E-state index contributed by atoms with van der Waals surface area (Å²) in [5, 5.41) is 17.1. The molecule has 0 heterocycles. The third kappa shape index (κ3) is 3.05. The predicted molar refractivity (Wildman–Crippen MR) is 45.3 cm³/mol. The van der Waals surface area contributed by atoms with Gasteiger partial charge >= 0.3 is 11.9 Å². The third-order valence-electron chi connectivity index (χ3n) is 2.65. The van der Waals surface area contributed by atoms with E-state index in [4.69, 9.17) is 10.2 Å². The number of hydrogen-bond donors (Lipinski definition) is 2. The molecule has 2 N–H and O–H groups in total. The summed E-state index contributed by atoms with van der Waals surface area (Å²) in [5.41, 5.74) is 0. The normalized spacial score (nSPS) is 26.0. The Morgan fingerprint density at radius 3 is 1.92 bits per heavy atom. The quantitative estimate of drug-likeness (QED) is 0.676. The number of carbonyl (C=O) groups is 2. The molecule has 1 aliphatic carbocycles. The van der Waals surface area contributed by atoms with Gasteiger partial charge in [-0.15, -0.1) is 0 Å². The van der Waals surface area contributed by atoms with Crippen molar-refractivity contribution >= 4 is 11.9 Å². The van der Waals surface area contributed by atoms with Crippen LogP contribution in [-0.2, 0) is 9.59 Å². The molecule has 4 heteroatoms. The Morgan fingerprint density at radius 1 is 1.31 bits per heavy atom. The van der Waals surface area contributed by atoms with Crippen LogP contribution in [0.2, 0.25) is 0 Å². The topological polar surface area (TPSA) is 74.6 Å². The SMILES string of the molecule is CC1CC1C(CC(=O)O)CC(=O)O. The summed E-state index contributed by atoms with van der Waals surface area (Å²) < 4.78 is 0. The maximum Gasteiger partial charge on any atom is 0.303 e. The first-order valence-corrected chi connectivity index (χ1v) is 4.44. The molecule has 1 saturated carbocycles. The lowest BCUT2D eigenvalue weighted by Crippen LogP contribution is -2.15. The smallest absolute Gasteiger partial charge is 0.303 e. The predicted octanol–water partition coefficient (Wildman–Crippen LogP) is 1.21. The van der Waals surface area contributed by atoms with Crippen LogP contribution in [0.1, 0.15) is 26.2 Å². The summed E-state index contributed by atoms with van der Waals surface area (Å²) in [6, 6.07) is 0. The molecule has 2 atom stereocenters. The minimum absolute atomic E-state index is 0.0126. The minimum Gasteiger partial charge on any atom is -0.481 e.